The summed E-state index contributed by atoms with van der Waals surface area (Å²) in [6.45, 7) is 5.99. The first kappa shape index (κ1) is 14.9. The highest BCUT2D eigenvalue weighted by Crippen LogP contribution is 2.21. The van der Waals surface area contributed by atoms with Crippen LogP contribution < -0.4 is 5.32 Å². The van der Waals surface area contributed by atoms with Crippen LogP contribution in [0.15, 0.2) is 23.2 Å². The molecular formula is C12H20N2O3S. The van der Waals surface area contributed by atoms with Crippen molar-refractivity contribution in [1.82, 2.24) is 4.98 Å². The second-order valence-corrected chi connectivity index (χ2v) is 7.37. The van der Waals surface area contributed by atoms with Crippen LogP contribution in [-0.2, 0) is 9.84 Å². The number of sulfone groups is 1. The average molecular weight is 272 g/mol. The van der Waals surface area contributed by atoms with Gasteiger partial charge in [0.2, 0.25) is 0 Å². The molecule has 1 aromatic heterocycles. The number of aromatic nitrogens is 1. The number of aliphatic hydroxyl groups is 1. The number of aliphatic hydroxyl groups excluding tert-OH is 1. The van der Waals surface area contributed by atoms with Gasteiger partial charge in [-0.15, -0.1) is 0 Å². The maximum atomic E-state index is 11.6. The van der Waals surface area contributed by atoms with E-state index in [2.05, 4.69) is 10.3 Å². The third kappa shape index (κ3) is 3.96. The molecule has 1 unspecified atom stereocenters. The largest absolute Gasteiger partial charge is 0.391 e. The summed E-state index contributed by atoms with van der Waals surface area (Å²) in [5.74, 6) is 0.281. The summed E-state index contributed by atoms with van der Waals surface area (Å²) >= 11 is 0. The van der Waals surface area contributed by atoms with E-state index >= 15 is 0 Å². The standard InChI is InChI=1S/C12H20N2O3S/c1-12(2,3)10(15)8-14-11-9(18(4,16)17)6-5-7-13-11/h5-7,10,15H,8H2,1-4H3,(H,13,14). The second kappa shape index (κ2) is 5.24. The zero-order valence-corrected chi connectivity index (χ0v) is 12.0. The third-order valence-corrected chi connectivity index (χ3v) is 3.76. The number of nitrogens with one attached hydrogen (secondary N) is 1. The van der Waals surface area contributed by atoms with E-state index < -0.39 is 15.9 Å². The number of rotatable bonds is 4. The van der Waals surface area contributed by atoms with Gasteiger partial charge in [0.15, 0.2) is 9.84 Å². The first-order valence-corrected chi connectivity index (χ1v) is 7.58. The summed E-state index contributed by atoms with van der Waals surface area (Å²) < 4.78 is 23.1. The Bertz CT molecular complexity index is 506. The van der Waals surface area contributed by atoms with Gasteiger partial charge in [-0.3, -0.25) is 0 Å². The molecule has 1 aromatic rings. The van der Waals surface area contributed by atoms with Crippen LogP contribution in [0.4, 0.5) is 5.82 Å². The van der Waals surface area contributed by atoms with Gasteiger partial charge in [-0.25, -0.2) is 13.4 Å². The predicted molar refractivity (Wildman–Crippen MR) is 71.3 cm³/mol. The molecule has 6 heteroatoms. The van der Waals surface area contributed by atoms with Gasteiger partial charge in [-0.2, -0.15) is 0 Å². The molecule has 0 saturated heterocycles. The van der Waals surface area contributed by atoms with Crippen LogP contribution in [0, 0.1) is 5.41 Å². The summed E-state index contributed by atoms with van der Waals surface area (Å²) in [5, 5.41) is 12.8. The lowest BCUT2D eigenvalue weighted by Crippen LogP contribution is -2.33. The smallest absolute Gasteiger partial charge is 0.179 e. The number of pyridine rings is 1. The fourth-order valence-corrected chi connectivity index (χ4v) is 2.12. The Morgan fingerprint density at radius 1 is 1.44 bits per heavy atom. The van der Waals surface area contributed by atoms with Crippen molar-refractivity contribution >= 4 is 15.7 Å². The molecule has 1 atom stereocenters. The Morgan fingerprint density at radius 2 is 2.06 bits per heavy atom. The lowest BCUT2D eigenvalue weighted by Gasteiger charge is -2.26. The molecule has 0 amide bonds. The Labute approximate surface area is 108 Å². The molecular weight excluding hydrogens is 252 g/mol. The fraction of sp³-hybridized carbons (Fsp3) is 0.583. The molecule has 0 spiro atoms. The molecule has 0 radical (unpaired) electrons. The summed E-state index contributed by atoms with van der Waals surface area (Å²) in [6, 6.07) is 3.07. The molecule has 102 valence electrons. The van der Waals surface area contributed by atoms with Gasteiger partial charge in [-0.05, 0) is 17.5 Å². The molecule has 2 N–H and O–H groups in total. The van der Waals surface area contributed by atoms with E-state index in [0.29, 0.717) is 0 Å². The molecule has 0 aliphatic carbocycles. The van der Waals surface area contributed by atoms with E-state index in [4.69, 9.17) is 0 Å². The average Bonchev–Trinajstić information content (AvgIpc) is 2.23. The lowest BCUT2D eigenvalue weighted by molar-refractivity contribution is 0.0744. The number of hydrogen-bond donors (Lipinski definition) is 2. The van der Waals surface area contributed by atoms with E-state index in [1.807, 2.05) is 20.8 Å². The zero-order chi connectivity index (χ0) is 14.0. The predicted octanol–water partition coefficient (Wildman–Crippen LogP) is 1.30. The van der Waals surface area contributed by atoms with E-state index in [9.17, 15) is 13.5 Å². The van der Waals surface area contributed by atoms with Crippen molar-refractivity contribution in [1.29, 1.82) is 0 Å². The summed E-state index contributed by atoms with van der Waals surface area (Å²) in [5.41, 5.74) is -0.271. The van der Waals surface area contributed by atoms with Crippen LogP contribution in [0.5, 0.6) is 0 Å². The van der Waals surface area contributed by atoms with Crippen molar-refractivity contribution < 1.29 is 13.5 Å². The minimum Gasteiger partial charge on any atom is -0.391 e. The first-order chi connectivity index (χ1) is 8.12. The monoisotopic (exact) mass is 272 g/mol. The molecule has 5 nitrogen and oxygen atoms in total. The van der Waals surface area contributed by atoms with Gasteiger partial charge >= 0.3 is 0 Å². The van der Waals surface area contributed by atoms with Gasteiger partial charge in [0.1, 0.15) is 10.7 Å². The quantitative estimate of drug-likeness (QED) is 0.863. The topological polar surface area (TPSA) is 79.3 Å². The molecule has 0 aromatic carbocycles. The number of nitrogens with zero attached hydrogens (tertiary/aromatic N) is 1. The van der Waals surface area contributed by atoms with Gasteiger partial charge in [0, 0.05) is 19.0 Å². The summed E-state index contributed by atoms with van der Waals surface area (Å²) in [4.78, 5) is 4.14. The maximum Gasteiger partial charge on any atom is 0.179 e. The normalized spacial score (nSPS) is 14.3. The minimum atomic E-state index is -3.32. The van der Waals surface area contributed by atoms with Crippen LogP contribution in [-0.4, -0.2) is 37.4 Å². The number of anilines is 1. The highest BCUT2D eigenvalue weighted by atomic mass is 32.2. The summed E-state index contributed by atoms with van der Waals surface area (Å²) in [7, 11) is -3.32. The van der Waals surface area contributed by atoms with Crippen molar-refractivity contribution in [3.05, 3.63) is 18.3 Å². The van der Waals surface area contributed by atoms with Crippen LogP contribution in [0.1, 0.15) is 20.8 Å². The molecule has 1 rings (SSSR count). The van der Waals surface area contributed by atoms with Crippen molar-refractivity contribution in [2.45, 2.75) is 31.8 Å². The van der Waals surface area contributed by atoms with E-state index in [1.165, 1.54) is 12.3 Å². The number of hydrogen-bond acceptors (Lipinski definition) is 5. The SMILES string of the molecule is CC(C)(C)C(O)CNc1ncccc1S(C)(=O)=O. The highest BCUT2D eigenvalue weighted by molar-refractivity contribution is 7.90. The molecule has 0 aliphatic rings. The molecule has 0 bridgehead atoms. The van der Waals surface area contributed by atoms with E-state index in [0.717, 1.165) is 6.26 Å². The van der Waals surface area contributed by atoms with Crippen LogP contribution in [0.25, 0.3) is 0 Å². The summed E-state index contributed by atoms with van der Waals surface area (Å²) in [6.07, 6.45) is 2.06. The van der Waals surface area contributed by atoms with Gasteiger partial charge in [0.25, 0.3) is 0 Å². The molecule has 0 fully saturated rings. The van der Waals surface area contributed by atoms with Crippen LogP contribution >= 0.6 is 0 Å². The Balaban J connectivity index is 2.87. The van der Waals surface area contributed by atoms with Crippen molar-refractivity contribution in [3.63, 3.8) is 0 Å². The van der Waals surface area contributed by atoms with E-state index in [-0.39, 0.29) is 22.7 Å². The molecule has 18 heavy (non-hydrogen) atoms. The zero-order valence-electron chi connectivity index (χ0n) is 11.1. The van der Waals surface area contributed by atoms with Crippen molar-refractivity contribution in [3.8, 4) is 0 Å². The molecule has 0 saturated carbocycles. The van der Waals surface area contributed by atoms with Gasteiger partial charge < -0.3 is 10.4 Å². The Kier molecular flexibility index (Phi) is 4.34. The first-order valence-electron chi connectivity index (χ1n) is 5.69. The third-order valence-electron chi connectivity index (χ3n) is 2.63. The van der Waals surface area contributed by atoms with Gasteiger partial charge in [0.05, 0.1) is 6.10 Å². The Morgan fingerprint density at radius 3 is 2.56 bits per heavy atom. The van der Waals surface area contributed by atoms with Crippen LogP contribution in [0.3, 0.4) is 0 Å². The second-order valence-electron chi connectivity index (χ2n) is 5.39. The maximum absolute atomic E-state index is 11.6. The van der Waals surface area contributed by atoms with Crippen molar-refractivity contribution in [2.75, 3.05) is 18.1 Å². The molecule has 1 heterocycles. The lowest BCUT2D eigenvalue weighted by atomic mass is 9.89. The van der Waals surface area contributed by atoms with Crippen LogP contribution in [0.2, 0.25) is 0 Å². The minimum absolute atomic E-state index is 0.145. The van der Waals surface area contributed by atoms with Crippen molar-refractivity contribution in [2.24, 2.45) is 5.41 Å². The fourth-order valence-electron chi connectivity index (χ4n) is 1.32. The molecule has 0 aliphatic heterocycles. The van der Waals surface area contributed by atoms with Gasteiger partial charge in [-0.1, -0.05) is 20.8 Å². The van der Waals surface area contributed by atoms with E-state index in [1.54, 1.807) is 6.07 Å². The highest BCUT2D eigenvalue weighted by Gasteiger charge is 2.22. The Hall–Kier alpha value is -1.14.